The smallest absolute Gasteiger partial charge is 0.170 e. The predicted octanol–water partition coefficient (Wildman–Crippen LogP) is 4.69. The topological polar surface area (TPSA) is 24.1 Å². The van der Waals surface area contributed by atoms with Gasteiger partial charge in [-0.1, -0.05) is 23.8 Å². The standard InChI is InChI=1S/C18H22N2S2/c1-13-4-6-17(7-5-13)22-9-8-19-18(21)20-16-11-14(2)10-15(3)12-16/h4-7,10-12H,8-9H2,1-3H3,(H2,19,20,21). The first kappa shape index (κ1) is 16.8. The Labute approximate surface area is 142 Å². The number of hydrogen-bond acceptors (Lipinski definition) is 2. The highest BCUT2D eigenvalue weighted by Crippen LogP contribution is 2.17. The molecule has 0 aromatic heterocycles. The van der Waals surface area contributed by atoms with E-state index in [-0.39, 0.29) is 0 Å². The number of thiocarbonyl (C=S) groups is 1. The van der Waals surface area contributed by atoms with Crippen LogP contribution in [-0.4, -0.2) is 17.4 Å². The Bertz CT molecular complexity index is 616. The first-order valence-corrected chi connectivity index (χ1v) is 8.75. The molecule has 0 aliphatic rings. The molecule has 4 heteroatoms. The molecule has 0 amide bonds. The van der Waals surface area contributed by atoms with E-state index in [4.69, 9.17) is 12.2 Å². The second kappa shape index (κ2) is 8.20. The lowest BCUT2D eigenvalue weighted by Gasteiger charge is -2.11. The molecular formula is C18H22N2S2. The number of benzene rings is 2. The minimum atomic E-state index is 0.675. The molecule has 0 saturated carbocycles. The Morgan fingerprint density at radius 3 is 2.23 bits per heavy atom. The van der Waals surface area contributed by atoms with E-state index in [1.54, 1.807) is 0 Å². The van der Waals surface area contributed by atoms with Crippen molar-refractivity contribution < 1.29 is 0 Å². The normalized spacial score (nSPS) is 10.3. The van der Waals surface area contributed by atoms with Gasteiger partial charge in [-0.3, -0.25) is 0 Å². The van der Waals surface area contributed by atoms with Crippen molar-refractivity contribution in [3.63, 3.8) is 0 Å². The molecule has 0 saturated heterocycles. The van der Waals surface area contributed by atoms with E-state index >= 15 is 0 Å². The lowest BCUT2D eigenvalue weighted by atomic mass is 10.1. The third-order valence-electron chi connectivity index (χ3n) is 3.16. The van der Waals surface area contributed by atoms with Crippen LogP contribution < -0.4 is 10.6 Å². The molecule has 0 fully saturated rings. The van der Waals surface area contributed by atoms with Crippen LogP contribution in [-0.2, 0) is 0 Å². The van der Waals surface area contributed by atoms with Gasteiger partial charge in [-0.25, -0.2) is 0 Å². The summed E-state index contributed by atoms with van der Waals surface area (Å²) in [5.74, 6) is 0.984. The van der Waals surface area contributed by atoms with Crippen LogP contribution in [0.2, 0.25) is 0 Å². The highest BCUT2D eigenvalue weighted by Gasteiger charge is 2.00. The molecule has 0 heterocycles. The van der Waals surface area contributed by atoms with Gasteiger partial charge in [0, 0.05) is 22.9 Å². The van der Waals surface area contributed by atoms with Crippen molar-refractivity contribution >= 4 is 34.8 Å². The van der Waals surface area contributed by atoms with Crippen molar-refractivity contribution in [2.24, 2.45) is 0 Å². The van der Waals surface area contributed by atoms with Crippen LogP contribution in [0.4, 0.5) is 5.69 Å². The number of thioether (sulfide) groups is 1. The van der Waals surface area contributed by atoms with Crippen molar-refractivity contribution in [2.45, 2.75) is 25.7 Å². The molecule has 2 nitrogen and oxygen atoms in total. The van der Waals surface area contributed by atoms with Gasteiger partial charge in [0.2, 0.25) is 0 Å². The van der Waals surface area contributed by atoms with Crippen LogP contribution in [0, 0.1) is 20.8 Å². The number of rotatable bonds is 5. The molecule has 0 radical (unpaired) electrons. The lowest BCUT2D eigenvalue weighted by Crippen LogP contribution is -2.30. The average Bonchev–Trinajstić information content (AvgIpc) is 2.44. The highest BCUT2D eigenvalue weighted by atomic mass is 32.2. The van der Waals surface area contributed by atoms with E-state index in [9.17, 15) is 0 Å². The van der Waals surface area contributed by atoms with Crippen molar-refractivity contribution in [1.29, 1.82) is 0 Å². The summed E-state index contributed by atoms with van der Waals surface area (Å²) in [6.45, 7) is 7.13. The molecule has 116 valence electrons. The molecule has 0 unspecified atom stereocenters. The first-order valence-electron chi connectivity index (χ1n) is 7.35. The maximum Gasteiger partial charge on any atom is 0.170 e. The third-order valence-corrected chi connectivity index (χ3v) is 4.42. The first-order chi connectivity index (χ1) is 10.5. The number of hydrogen-bond donors (Lipinski definition) is 2. The maximum absolute atomic E-state index is 5.34. The zero-order valence-corrected chi connectivity index (χ0v) is 14.9. The third kappa shape index (κ3) is 5.70. The summed E-state index contributed by atoms with van der Waals surface area (Å²) >= 11 is 7.17. The summed E-state index contributed by atoms with van der Waals surface area (Å²) in [4.78, 5) is 1.29. The van der Waals surface area contributed by atoms with E-state index < -0.39 is 0 Å². The Hall–Kier alpha value is -1.52. The molecule has 0 bridgehead atoms. The fourth-order valence-corrected chi connectivity index (χ4v) is 3.18. The number of anilines is 1. The van der Waals surface area contributed by atoms with Crippen LogP contribution in [0.3, 0.4) is 0 Å². The molecule has 2 N–H and O–H groups in total. The molecule has 2 rings (SSSR count). The lowest BCUT2D eigenvalue weighted by molar-refractivity contribution is 0.990. The second-order valence-electron chi connectivity index (χ2n) is 5.42. The van der Waals surface area contributed by atoms with E-state index in [0.29, 0.717) is 5.11 Å². The molecule has 2 aromatic carbocycles. The summed E-state index contributed by atoms with van der Waals surface area (Å²) in [7, 11) is 0. The van der Waals surface area contributed by atoms with Gasteiger partial charge >= 0.3 is 0 Å². The Morgan fingerprint density at radius 2 is 1.59 bits per heavy atom. The van der Waals surface area contributed by atoms with Gasteiger partial charge in [0.15, 0.2) is 5.11 Å². The highest BCUT2D eigenvalue weighted by molar-refractivity contribution is 7.99. The molecule has 22 heavy (non-hydrogen) atoms. The van der Waals surface area contributed by atoms with Crippen LogP contribution in [0.25, 0.3) is 0 Å². The largest absolute Gasteiger partial charge is 0.362 e. The van der Waals surface area contributed by atoms with E-state index in [2.05, 4.69) is 73.9 Å². The average molecular weight is 331 g/mol. The van der Waals surface area contributed by atoms with E-state index in [1.165, 1.54) is 21.6 Å². The van der Waals surface area contributed by atoms with E-state index in [0.717, 1.165) is 18.0 Å². The van der Waals surface area contributed by atoms with Crippen molar-refractivity contribution in [3.8, 4) is 0 Å². The predicted molar refractivity (Wildman–Crippen MR) is 102 cm³/mol. The van der Waals surface area contributed by atoms with Gasteiger partial charge < -0.3 is 10.6 Å². The number of nitrogens with one attached hydrogen (secondary N) is 2. The second-order valence-corrected chi connectivity index (χ2v) is 7.00. The quantitative estimate of drug-likeness (QED) is 0.472. The summed E-state index contributed by atoms with van der Waals surface area (Å²) < 4.78 is 0. The van der Waals surface area contributed by atoms with Crippen molar-refractivity contribution in [3.05, 3.63) is 59.2 Å². The minimum Gasteiger partial charge on any atom is -0.362 e. The van der Waals surface area contributed by atoms with Crippen LogP contribution in [0.1, 0.15) is 16.7 Å². The van der Waals surface area contributed by atoms with Crippen molar-refractivity contribution in [2.75, 3.05) is 17.6 Å². The zero-order chi connectivity index (χ0) is 15.9. The van der Waals surface area contributed by atoms with Crippen LogP contribution in [0.5, 0.6) is 0 Å². The summed E-state index contributed by atoms with van der Waals surface area (Å²) in [6, 6.07) is 15.0. The number of aryl methyl sites for hydroxylation is 3. The summed E-state index contributed by atoms with van der Waals surface area (Å²) in [5.41, 5.74) is 4.81. The van der Waals surface area contributed by atoms with Gasteiger partial charge in [0.1, 0.15) is 0 Å². The van der Waals surface area contributed by atoms with Crippen LogP contribution >= 0.6 is 24.0 Å². The SMILES string of the molecule is Cc1ccc(SCCNC(=S)Nc2cc(C)cc(C)c2)cc1. The Balaban J connectivity index is 1.72. The van der Waals surface area contributed by atoms with Crippen molar-refractivity contribution in [1.82, 2.24) is 5.32 Å². The van der Waals surface area contributed by atoms with Gasteiger partial charge in [0.25, 0.3) is 0 Å². The molecule has 2 aromatic rings. The van der Waals surface area contributed by atoms with Gasteiger partial charge in [-0.2, -0.15) is 0 Å². The fraction of sp³-hybridized carbons (Fsp3) is 0.278. The van der Waals surface area contributed by atoms with Crippen LogP contribution in [0.15, 0.2) is 47.4 Å². The fourth-order valence-electron chi connectivity index (χ4n) is 2.19. The summed E-state index contributed by atoms with van der Waals surface area (Å²) in [6.07, 6.45) is 0. The zero-order valence-electron chi connectivity index (χ0n) is 13.3. The van der Waals surface area contributed by atoms with E-state index in [1.807, 2.05) is 11.8 Å². The molecule has 0 aliphatic heterocycles. The molecule has 0 atom stereocenters. The minimum absolute atomic E-state index is 0.675. The van der Waals surface area contributed by atoms with Gasteiger partial charge in [-0.05, 0) is 68.4 Å². The van der Waals surface area contributed by atoms with Gasteiger partial charge in [-0.15, -0.1) is 11.8 Å². The summed E-state index contributed by atoms with van der Waals surface area (Å²) in [5, 5.41) is 7.17. The monoisotopic (exact) mass is 330 g/mol. The maximum atomic E-state index is 5.34. The molecule has 0 spiro atoms. The Morgan fingerprint density at radius 1 is 0.955 bits per heavy atom. The molecular weight excluding hydrogens is 308 g/mol. The molecule has 0 aliphatic carbocycles. The van der Waals surface area contributed by atoms with Gasteiger partial charge in [0.05, 0.1) is 0 Å². The Kier molecular flexibility index (Phi) is 6.28.